The lowest BCUT2D eigenvalue weighted by atomic mass is 9.89. The van der Waals surface area contributed by atoms with Crippen LogP contribution in [0.4, 0.5) is 5.95 Å². The minimum atomic E-state index is -0.410. The number of esters is 1. The number of hydrogen-bond acceptors (Lipinski definition) is 8. The van der Waals surface area contributed by atoms with Gasteiger partial charge in [-0.1, -0.05) is 62.2 Å². The maximum Gasteiger partial charge on any atom is 0.313 e. The predicted octanol–water partition coefficient (Wildman–Crippen LogP) is 5.71. The van der Waals surface area contributed by atoms with Gasteiger partial charge < -0.3 is 14.2 Å². The van der Waals surface area contributed by atoms with E-state index in [0.29, 0.717) is 24.8 Å². The summed E-state index contributed by atoms with van der Waals surface area (Å²) in [6, 6.07) is 8.27. The number of carbonyl (C=O) groups excluding carboxylic acids is 1. The van der Waals surface area contributed by atoms with Crippen LogP contribution in [0, 0.1) is 13.8 Å². The summed E-state index contributed by atoms with van der Waals surface area (Å²) in [5, 5.41) is 4.16. The molecule has 1 aromatic carbocycles. The third kappa shape index (κ3) is 5.42. The average Bonchev–Trinajstić information content (AvgIpc) is 3.38. The van der Waals surface area contributed by atoms with Gasteiger partial charge >= 0.3 is 5.97 Å². The monoisotopic (exact) mass is 491 g/mol. The van der Waals surface area contributed by atoms with Crippen molar-refractivity contribution >= 4 is 11.9 Å². The van der Waals surface area contributed by atoms with E-state index in [1.165, 1.54) is 12.7 Å². The summed E-state index contributed by atoms with van der Waals surface area (Å²) in [6.07, 6.45) is 3.49. The lowest BCUT2D eigenvalue weighted by molar-refractivity contribution is -0.142. The van der Waals surface area contributed by atoms with Gasteiger partial charge in [-0.25, -0.2) is 9.97 Å². The molecule has 36 heavy (non-hydrogen) atoms. The van der Waals surface area contributed by atoms with Crippen molar-refractivity contribution in [1.29, 1.82) is 0 Å². The molecule has 4 rings (SSSR count). The van der Waals surface area contributed by atoms with Gasteiger partial charge in [0, 0.05) is 35.8 Å². The molecule has 0 amide bonds. The molecule has 1 fully saturated rings. The van der Waals surface area contributed by atoms with Crippen LogP contribution in [0.1, 0.15) is 92.7 Å². The van der Waals surface area contributed by atoms with Crippen molar-refractivity contribution in [3.63, 3.8) is 0 Å². The summed E-state index contributed by atoms with van der Waals surface area (Å²) in [5.41, 5.74) is 4.59. The van der Waals surface area contributed by atoms with Crippen LogP contribution in [-0.4, -0.2) is 46.3 Å². The number of benzene rings is 1. The summed E-state index contributed by atoms with van der Waals surface area (Å²) >= 11 is 0. The van der Waals surface area contributed by atoms with Crippen LogP contribution in [0.25, 0.3) is 11.3 Å². The number of aromatic nitrogens is 4. The number of rotatable bonds is 8. The lowest BCUT2D eigenvalue weighted by Crippen LogP contribution is -2.36. The molecule has 0 spiro atoms. The number of anilines is 1. The zero-order valence-corrected chi connectivity index (χ0v) is 22.2. The van der Waals surface area contributed by atoms with E-state index in [1.807, 2.05) is 6.92 Å². The first-order valence-electron chi connectivity index (χ1n) is 12.9. The van der Waals surface area contributed by atoms with Gasteiger partial charge in [-0.15, -0.1) is 0 Å². The predicted molar refractivity (Wildman–Crippen MR) is 139 cm³/mol. The quantitative estimate of drug-likeness (QED) is 0.370. The molecule has 3 heterocycles. The molecule has 0 saturated carbocycles. The van der Waals surface area contributed by atoms with E-state index in [4.69, 9.17) is 19.2 Å². The highest BCUT2D eigenvalue weighted by molar-refractivity contribution is 5.82. The van der Waals surface area contributed by atoms with Crippen LogP contribution in [0.3, 0.4) is 0 Å². The molecule has 0 radical (unpaired) electrons. The van der Waals surface area contributed by atoms with E-state index >= 15 is 0 Å². The maximum atomic E-state index is 12.8. The van der Waals surface area contributed by atoms with Crippen molar-refractivity contribution in [2.75, 3.05) is 25.1 Å². The zero-order valence-electron chi connectivity index (χ0n) is 22.2. The van der Waals surface area contributed by atoms with Crippen LogP contribution in [0.15, 0.2) is 28.8 Å². The highest BCUT2D eigenvalue weighted by Gasteiger charge is 2.31. The number of ether oxygens (including phenoxy) is 1. The van der Waals surface area contributed by atoms with Crippen molar-refractivity contribution in [2.45, 2.75) is 78.1 Å². The van der Waals surface area contributed by atoms with Crippen LogP contribution in [0.5, 0.6) is 0 Å². The minimum Gasteiger partial charge on any atom is -0.469 e. The van der Waals surface area contributed by atoms with E-state index in [-0.39, 0.29) is 17.8 Å². The molecule has 0 bridgehead atoms. The van der Waals surface area contributed by atoms with E-state index in [2.05, 4.69) is 67.0 Å². The molecule has 8 heteroatoms. The molecule has 0 N–H and O–H groups in total. The fourth-order valence-electron chi connectivity index (χ4n) is 4.88. The van der Waals surface area contributed by atoms with Crippen LogP contribution in [-0.2, 0) is 9.53 Å². The Morgan fingerprint density at radius 2 is 1.92 bits per heavy atom. The minimum absolute atomic E-state index is 0.132. The number of methoxy groups -OCH3 is 1. The van der Waals surface area contributed by atoms with Crippen LogP contribution < -0.4 is 4.90 Å². The van der Waals surface area contributed by atoms with E-state index in [9.17, 15) is 4.79 Å². The van der Waals surface area contributed by atoms with Gasteiger partial charge in [0.25, 0.3) is 0 Å². The highest BCUT2D eigenvalue weighted by Crippen LogP contribution is 2.36. The molecule has 0 aliphatic carbocycles. The molecule has 8 nitrogen and oxygen atoms in total. The molecule has 192 valence electrons. The molecule has 1 aliphatic rings. The first kappa shape index (κ1) is 25.8. The topological polar surface area (TPSA) is 94.2 Å². The second-order valence-electron chi connectivity index (χ2n) is 10.0. The first-order chi connectivity index (χ1) is 17.3. The van der Waals surface area contributed by atoms with Crippen molar-refractivity contribution in [3.05, 3.63) is 52.8 Å². The Balaban J connectivity index is 1.74. The summed E-state index contributed by atoms with van der Waals surface area (Å²) in [5.74, 6) is 1.79. The van der Waals surface area contributed by atoms with Gasteiger partial charge in [0.1, 0.15) is 0 Å². The van der Waals surface area contributed by atoms with Gasteiger partial charge in [-0.3, -0.25) is 4.79 Å². The highest BCUT2D eigenvalue weighted by atomic mass is 16.5. The fraction of sp³-hybridized carbons (Fsp3) is 0.536. The largest absolute Gasteiger partial charge is 0.469 e. The fourth-order valence-corrected chi connectivity index (χ4v) is 4.88. The number of hydrogen-bond donors (Lipinski definition) is 0. The molecule has 1 aliphatic heterocycles. The first-order valence-corrected chi connectivity index (χ1v) is 12.9. The maximum absolute atomic E-state index is 12.8. The molecule has 1 saturated heterocycles. The molecule has 2 aromatic heterocycles. The Morgan fingerprint density at radius 1 is 1.17 bits per heavy atom. The summed E-state index contributed by atoms with van der Waals surface area (Å²) in [6.45, 7) is 11.8. The Morgan fingerprint density at radius 3 is 2.56 bits per heavy atom. The van der Waals surface area contributed by atoms with Crippen molar-refractivity contribution in [1.82, 2.24) is 20.1 Å². The Kier molecular flexibility index (Phi) is 8.01. The van der Waals surface area contributed by atoms with Crippen LogP contribution >= 0.6 is 0 Å². The van der Waals surface area contributed by atoms with Gasteiger partial charge in [0.2, 0.25) is 11.8 Å². The van der Waals surface area contributed by atoms with Gasteiger partial charge in [0.05, 0.1) is 24.6 Å². The second kappa shape index (κ2) is 11.2. The average molecular weight is 492 g/mol. The second-order valence-corrected chi connectivity index (χ2v) is 10.0. The van der Waals surface area contributed by atoms with Gasteiger partial charge in [-0.05, 0) is 33.1 Å². The van der Waals surface area contributed by atoms with Gasteiger partial charge in [0.15, 0.2) is 5.82 Å². The Hall–Kier alpha value is -3.29. The van der Waals surface area contributed by atoms with Crippen molar-refractivity contribution in [3.8, 4) is 11.3 Å². The van der Waals surface area contributed by atoms with Gasteiger partial charge in [-0.2, -0.15) is 4.98 Å². The van der Waals surface area contributed by atoms with Crippen LogP contribution in [0.2, 0.25) is 0 Å². The van der Waals surface area contributed by atoms with E-state index in [0.717, 1.165) is 54.1 Å². The van der Waals surface area contributed by atoms with Crippen molar-refractivity contribution < 1.29 is 14.1 Å². The number of nitrogens with zero attached hydrogens (tertiary/aromatic N) is 5. The molecule has 2 unspecified atom stereocenters. The standard InChI is InChI=1S/C28H37N5O3/c1-7-9-22(27(34)35-6)23-19(5)29-28(30-24(23)20-13-11-18(4)12-14-20)33-15-8-10-21(16-33)26-31-25(17(2)3)32-36-26/h11-14,17,21-22H,7-10,15-16H2,1-6H3. The molecular weight excluding hydrogens is 454 g/mol. The summed E-state index contributed by atoms with van der Waals surface area (Å²) in [7, 11) is 1.44. The summed E-state index contributed by atoms with van der Waals surface area (Å²) in [4.78, 5) is 29.7. The normalized spacial score (nSPS) is 16.9. The SMILES string of the molecule is CCCC(C(=O)OC)c1c(C)nc(N2CCCC(c3nc(C(C)C)no3)C2)nc1-c1ccc(C)cc1. The molecule has 2 atom stereocenters. The van der Waals surface area contributed by atoms with Crippen molar-refractivity contribution in [2.24, 2.45) is 0 Å². The smallest absolute Gasteiger partial charge is 0.313 e. The zero-order chi connectivity index (χ0) is 25.8. The lowest BCUT2D eigenvalue weighted by Gasteiger charge is -2.32. The third-order valence-corrected chi connectivity index (χ3v) is 6.89. The molecule has 3 aromatic rings. The number of piperidine rings is 1. The van der Waals surface area contributed by atoms with E-state index < -0.39 is 5.92 Å². The Labute approximate surface area is 213 Å². The number of aryl methyl sites for hydroxylation is 2. The third-order valence-electron chi connectivity index (χ3n) is 6.89. The Bertz CT molecular complexity index is 1190. The van der Waals surface area contributed by atoms with E-state index in [1.54, 1.807) is 0 Å². The summed E-state index contributed by atoms with van der Waals surface area (Å²) < 4.78 is 10.8. The number of carbonyl (C=O) groups is 1. The molecular formula is C28H37N5O3.